The molecule has 5 heterocycles. The summed E-state index contributed by atoms with van der Waals surface area (Å²) in [5.41, 5.74) is 0.490. The molecule has 0 saturated carbocycles. The fourth-order valence-electron chi connectivity index (χ4n) is 7.52. The number of ether oxygens (including phenoxy) is 1. The fourth-order valence-corrected chi connectivity index (χ4v) is 8.13. The van der Waals surface area contributed by atoms with Gasteiger partial charge in [-0.25, -0.2) is 0 Å². The molecule has 3 aromatic rings. The van der Waals surface area contributed by atoms with Crippen LogP contribution in [0.1, 0.15) is 89.7 Å². The van der Waals surface area contributed by atoms with E-state index in [2.05, 4.69) is 38.6 Å². The SMILES string of the molecule is CCC[C@H]1N(C(=O)c2cnccc2C(F)(F)F)CCC[C@@]1(Oc1csc(C)c1)C(=O)N1CCC(c2ccccc2CCC2=NN=NC2)CC1. The van der Waals surface area contributed by atoms with E-state index >= 15 is 0 Å². The van der Waals surface area contributed by atoms with Crippen LogP contribution in [0.25, 0.3) is 0 Å². The number of pyridine rings is 1. The minimum absolute atomic E-state index is 0.213. The molecule has 0 spiro atoms. The van der Waals surface area contributed by atoms with Gasteiger partial charge in [0.05, 0.1) is 22.9 Å². The summed E-state index contributed by atoms with van der Waals surface area (Å²) in [6.07, 6.45) is 2.16. The lowest BCUT2D eigenvalue weighted by atomic mass is 9.78. The standard InChI is InChI=1S/C36H41F3N6O3S/c1-3-7-32-35(48-28-20-24(2)49-23-28,15-6-17-45(32)33(46)30-22-40-16-12-31(30)36(37,38)39)34(47)44-18-13-26(14-19-44)29-9-5-4-8-25(29)10-11-27-21-41-43-42-27/h4-5,8-9,12,16,20,22-23,26,32H,3,6-7,10-11,13-15,17-19,21H2,1-2H3/t32-,35+/m1/s1. The summed E-state index contributed by atoms with van der Waals surface area (Å²) in [5.74, 6) is -0.214. The molecular weight excluding hydrogens is 653 g/mol. The van der Waals surface area contributed by atoms with E-state index < -0.39 is 34.9 Å². The maximum atomic E-state index is 14.9. The summed E-state index contributed by atoms with van der Waals surface area (Å²) in [4.78, 5) is 37.1. The van der Waals surface area contributed by atoms with E-state index in [0.29, 0.717) is 51.1 Å². The Balaban J connectivity index is 1.27. The van der Waals surface area contributed by atoms with Crippen molar-refractivity contribution in [1.82, 2.24) is 14.8 Å². The van der Waals surface area contributed by atoms with Crippen LogP contribution in [-0.4, -0.2) is 70.1 Å². The first-order chi connectivity index (χ1) is 23.6. The molecule has 0 N–H and O–H groups in total. The second-order valence-electron chi connectivity index (χ2n) is 13.0. The van der Waals surface area contributed by atoms with Crippen LogP contribution in [0.15, 0.2) is 69.6 Å². The van der Waals surface area contributed by atoms with E-state index in [4.69, 9.17) is 4.74 Å². The second-order valence-corrected chi connectivity index (χ2v) is 14.1. The Morgan fingerprint density at radius 1 is 1.10 bits per heavy atom. The minimum Gasteiger partial charge on any atom is -0.474 e. The van der Waals surface area contributed by atoms with Gasteiger partial charge in [-0.15, -0.1) is 16.4 Å². The quantitative estimate of drug-likeness (QED) is 0.216. The van der Waals surface area contributed by atoms with Crippen molar-refractivity contribution in [1.29, 1.82) is 0 Å². The Morgan fingerprint density at radius 2 is 1.90 bits per heavy atom. The van der Waals surface area contributed by atoms with Gasteiger partial charge in [-0.2, -0.15) is 18.3 Å². The van der Waals surface area contributed by atoms with Gasteiger partial charge in [0.15, 0.2) is 0 Å². The number of carbonyl (C=O) groups excluding carboxylic acids is 2. The Bertz CT molecular complexity index is 1720. The number of likely N-dealkylation sites (tertiary alicyclic amines) is 2. The van der Waals surface area contributed by atoms with Crippen LogP contribution >= 0.6 is 11.3 Å². The summed E-state index contributed by atoms with van der Waals surface area (Å²) in [6.45, 7) is 5.66. The summed E-state index contributed by atoms with van der Waals surface area (Å²) >= 11 is 1.49. The number of hydrogen-bond donors (Lipinski definition) is 0. The van der Waals surface area contributed by atoms with Gasteiger partial charge in [-0.3, -0.25) is 14.6 Å². The van der Waals surface area contributed by atoms with Crippen LogP contribution in [0.3, 0.4) is 0 Å². The number of halogens is 3. The van der Waals surface area contributed by atoms with Crippen molar-refractivity contribution in [2.24, 2.45) is 15.4 Å². The third-order valence-electron chi connectivity index (χ3n) is 9.87. The molecule has 2 atom stereocenters. The average Bonchev–Trinajstić information content (AvgIpc) is 3.79. The maximum absolute atomic E-state index is 14.9. The van der Waals surface area contributed by atoms with Gasteiger partial charge in [-0.05, 0) is 79.8 Å². The van der Waals surface area contributed by atoms with Crippen LogP contribution in [0, 0.1) is 6.92 Å². The first-order valence-electron chi connectivity index (χ1n) is 17.0. The van der Waals surface area contributed by atoms with E-state index in [-0.39, 0.29) is 18.4 Å². The summed E-state index contributed by atoms with van der Waals surface area (Å²) < 4.78 is 48.8. The Labute approximate surface area is 288 Å². The van der Waals surface area contributed by atoms with Crippen molar-refractivity contribution in [3.8, 4) is 5.75 Å². The summed E-state index contributed by atoms with van der Waals surface area (Å²) in [5, 5.41) is 13.7. The molecule has 3 aliphatic heterocycles. The number of benzene rings is 1. The predicted molar refractivity (Wildman–Crippen MR) is 181 cm³/mol. The third kappa shape index (κ3) is 7.41. The van der Waals surface area contributed by atoms with E-state index in [9.17, 15) is 22.8 Å². The molecule has 49 heavy (non-hydrogen) atoms. The zero-order valence-electron chi connectivity index (χ0n) is 27.8. The predicted octanol–water partition coefficient (Wildman–Crippen LogP) is 7.85. The molecule has 0 aliphatic carbocycles. The Kier molecular flexibility index (Phi) is 10.5. The van der Waals surface area contributed by atoms with Gasteiger partial charge in [0.25, 0.3) is 11.8 Å². The molecule has 0 bridgehead atoms. The number of alkyl halides is 3. The Morgan fingerprint density at radius 3 is 2.59 bits per heavy atom. The lowest BCUT2D eigenvalue weighted by Crippen LogP contribution is -2.68. The second kappa shape index (κ2) is 14.8. The largest absolute Gasteiger partial charge is 0.474 e. The number of thiophene rings is 1. The van der Waals surface area contributed by atoms with Crippen LogP contribution in [0.5, 0.6) is 5.75 Å². The lowest BCUT2D eigenvalue weighted by molar-refractivity contribution is -0.160. The number of hydrogen-bond acceptors (Lipinski definition) is 8. The molecule has 13 heteroatoms. The lowest BCUT2D eigenvalue weighted by Gasteiger charge is -2.50. The molecule has 2 amide bonds. The highest BCUT2D eigenvalue weighted by atomic mass is 32.1. The van der Waals surface area contributed by atoms with Gasteiger partial charge in [0, 0.05) is 48.7 Å². The van der Waals surface area contributed by atoms with Crippen LogP contribution in [0.2, 0.25) is 0 Å². The zero-order valence-corrected chi connectivity index (χ0v) is 28.6. The van der Waals surface area contributed by atoms with Crippen molar-refractivity contribution >= 4 is 28.9 Å². The van der Waals surface area contributed by atoms with E-state index in [1.807, 2.05) is 36.3 Å². The molecule has 0 unspecified atom stereocenters. The zero-order chi connectivity index (χ0) is 34.6. The molecule has 6 rings (SSSR count). The molecule has 3 aliphatic rings. The fraction of sp³-hybridized carbons (Fsp3) is 0.500. The van der Waals surface area contributed by atoms with E-state index in [1.165, 1.54) is 27.4 Å². The number of aryl methyl sites for hydroxylation is 2. The molecule has 2 aromatic heterocycles. The smallest absolute Gasteiger partial charge is 0.417 e. The summed E-state index contributed by atoms with van der Waals surface area (Å²) in [7, 11) is 0. The van der Waals surface area contributed by atoms with Crippen molar-refractivity contribution in [3.63, 3.8) is 0 Å². The normalized spacial score (nSPS) is 21.6. The number of nitrogens with zero attached hydrogens (tertiary/aromatic N) is 6. The van der Waals surface area contributed by atoms with Crippen LogP contribution in [-0.2, 0) is 17.4 Å². The molecule has 0 radical (unpaired) electrons. The van der Waals surface area contributed by atoms with Crippen molar-refractivity contribution < 1.29 is 27.5 Å². The van der Waals surface area contributed by atoms with Crippen LogP contribution < -0.4 is 4.74 Å². The highest BCUT2D eigenvalue weighted by Gasteiger charge is 2.56. The highest BCUT2D eigenvalue weighted by Crippen LogP contribution is 2.41. The molecule has 260 valence electrons. The van der Waals surface area contributed by atoms with Gasteiger partial charge >= 0.3 is 6.18 Å². The minimum atomic E-state index is -4.74. The van der Waals surface area contributed by atoms with E-state index in [0.717, 1.165) is 54.7 Å². The van der Waals surface area contributed by atoms with Crippen molar-refractivity contribution in [2.45, 2.75) is 89.0 Å². The number of amides is 2. The number of rotatable bonds is 10. The van der Waals surface area contributed by atoms with Crippen molar-refractivity contribution in [2.75, 3.05) is 26.2 Å². The third-order valence-corrected chi connectivity index (χ3v) is 10.7. The van der Waals surface area contributed by atoms with Gasteiger partial charge in [-0.1, -0.05) is 37.6 Å². The van der Waals surface area contributed by atoms with Crippen molar-refractivity contribution in [3.05, 3.63) is 81.3 Å². The average molecular weight is 695 g/mol. The molecule has 1 aromatic carbocycles. The van der Waals surface area contributed by atoms with Gasteiger partial charge in [0.1, 0.15) is 12.3 Å². The number of aromatic nitrogens is 1. The summed E-state index contributed by atoms with van der Waals surface area (Å²) in [6, 6.07) is 10.3. The van der Waals surface area contributed by atoms with Gasteiger partial charge < -0.3 is 14.5 Å². The maximum Gasteiger partial charge on any atom is 0.417 e. The van der Waals surface area contributed by atoms with E-state index in [1.54, 1.807) is 0 Å². The highest BCUT2D eigenvalue weighted by molar-refractivity contribution is 7.10. The molecule has 2 fully saturated rings. The monoisotopic (exact) mass is 694 g/mol. The first-order valence-corrected chi connectivity index (χ1v) is 17.8. The Hall–Kier alpha value is -4.13. The number of piperidine rings is 2. The molecular formula is C36H41F3N6O3S. The molecule has 9 nitrogen and oxygen atoms in total. The van der Waals surface area contributed by atoms with Gasteiger partial charge in [0.2, 0.25) is 5.60 Å². The molecule has 2 saturated heterocycles. The first kappa shape index (κ1) is 34.7. The van der Waals surface area contributed by atoms with Crippen LogP contribution in [0.4, 0.5) is 13.2 Å². The number of carbonyl (C=O) groups is 2. The topological polar surface area (TPSA) is 99.8 Å².